The maximum atomic E-state index is 5.75. The summed E-state index contributed by atoms with van der Waals surface area (Å²) in [5.41, 5.74) is 0. The molecule has 0 spiro atoms. The summed E-state index contributed by atoms with van der Waals surface area (Å²) < 4.78 is 5.02. The molecular formula is C11H24ClNO. The van der Waals surface area contributed by atoms with Crippen LogP contribution in [0, 0.1) is 0 Å². The van der Waals surface area contributed by atoms with Crippen LogP contribution >= 0.6 is 11.6 Å². The highest BCUT2D eigenvalue weighted by molar-refractivity contribution is 6.18. The number of nitrogens with zero attached hydrogens (tertiary/aromatic N) is 1. The molecule has 0 aromatic carbocycles. The van der Waals surface area contributed by atoms with Gasteiger partial charge in [-0.15, -0.1) is 11.6 Å². The molecule has 0 aromatic heterocycles. The van der Waals surface area contributed by atoms with Gasteiger partial charge in [0, 0.05) is 26.1 Å². The van der Waals surface area contributed by atoms with Gasteiger partial charge in [-0.05, 0) is 32.4 Å². The first kappa shape index (κ1) is 14.2. The Labute approximate surface area is 93.6 Å². The van der Waals surface area contributed by atoms with Crippen molar-refractivity contribution in [1.29, 1.82) is 0 Å². The Hall–Kier alpha value is 0.210. The summed E-state index contributed by atoms with van der Waals surface area (Å²) >= 11 is 5.75. The summed E-state index contributed by atoms with van der Waals surface area (Å²) in [5.74, 6) is 0.744. The fraction of sp³-hybridized carbons (Fsp3) is 1.00. The van der Waals surface area contributed by atoms with E-state index in [1.807, 2.05) is 0 Å². The zero-order valence-electron chi connectivity index (χ0n) is 9.60. The van der Waals surface area contributed by atoms with E-state index >= 15 is 0 Å². The number of rotatable bonds is 10. The van der Waals surface area contributed by atoms with E-state index in [-0.39, 0.29) is 0 Å². The molecule has 0 rings (SSSR count). The van der Waals surface area contributed by atoms with Crippen LogP contribution in [0.5, 0.6) is 0 Å². The zero-order valence-corrected chi connectivity index (χ0v) is 10.4. The third-order valence-electron chi connectivity index (χ3n) is 2.30. The van der Waals surface area contributed by atoms with Crippen molar-refractivity contribution in [3.63, 3.8) is 0 Å². The summed E-state index contributed by atoms with van der Waals surface area (Å²) in [6.45, 7) is 6.48. The molecule has 0 aliphatic carbocycles. The van der Waals surface area contributed by atoms with Crippen LogP contribution in [0.25, 0.3) is 0 Å². The molecule has 0 bridgehead atoms. The molecule has 0 aromatic rings. The lowest BCUT2D eigenvalue weighted by Gasteiger charge is -2.20. The van der Waals surface area contributed by atoms with Gasteiger partial charge >= 0.3 is 0 Å². The Balaban J connectivity index is 3.40. The van der Waals surface area contributed by atoms with E-state index in [0.29, 0.717) is 0 Å². The molecular weight excluding hydrogens is 198 g/mol. The third kappa shape index (κ3) is 8.79. The van der Waals surface area contributed by atoms with E-state index in [1.54, 1.807) is 7.11 Å². The van der Waals surface area contributed by atoms with Crippen molar-refractivity contribution in [1.82, 2.24) is 4.90 Å². The summed E-state index contributed by atoms with van der Waals surface area (Å²) in [6.07, 6.45) is 4.91. The number of hydrogen-bond acceptors (Lipinski definition) is 2. The largest absolute Gasteiger partial charge is 0.385 e. The second-order valence-corrected chi connectivity index (χ2v) is 3.96. The average Bonchev–Trinajstić information content (AvgIpc) is 2.20. The Bertz CT molecular complexity index is 111. The number of alkyl halides is 1. The van der Waals surface area contributed by atoms with Gasteiger partial charge in [0.2, 0.25) is 0 Å². The van der Waals surface area contributed by atoms with E-state index in [0.717, 1.165) is 32.0 Å². The highest BCUT2D eigenvalue weighted by Crippen LogP contribution is 1.99. The lowest BCUT2D eigenvalue weighted by atomic mass is 10.2. The fourth-order valence-corrected chi connectivity index (χ4v) is 1.66. The van der Waals surface area contributed by atoms with Crippen LogP contribution < -0.4 is 0 Å². The van der Waals surface area contributed by atoms with Gasteiger partial charge in [-0.1, -0.05) is 13.3 Å². The van der Waals surface area contributed by atoms with Crippen LogP contribution in [0.2, 0.25) is 0 Å². The predicted octanol–water partition coefficient (Wildman–Crippen LogP) is 2.75. The summed E-state index contributed by atoms with van der Waals surface area (Å²) in [4.78, 5) is 2.45. The molecule has 0 unspecified atom stereocenters. The second kappa shape index (κ2) is 11.3. The maximum Gasteiger partial charge on any atom is 0.0462 e. The van der Waals surface area contributed by atoms with Gasteiger partial charge in [0.25, 0.3) is 0 Å². The number of ether oxygens (including phenoxy) is 1. The van der Waals surface area contributed by atoms with E-state index in [1.165, 1.54) is 25.8 Å². The van der Waals surface area contributed by atoms with E-state index in [2.05, 4.69) is 11.8 Å². The van der Waals surface area contributed by atoms with Gasteiger partial charge in [-0.2, -0.15) is 0 Å². The van der Waals surface area contributed by atoms with E-state index < -0.39 is 0 Å². The molecule has 0 saturated carbocycles. The number of halogens is 1. The molecule has 0 aliphatic rings. The first-order chi connectivity index (χ1) is 6.85. The minimum atomic E-state index is 0.744. The van der Waals surface area contributed by atoms with Crippen LogP contribution in [-0.2, 0) is 4.74 Å². The summed E-state index contributed by atoms with van der Waals surface area (Å²) in [7, 11) is 1.76. The minimum Gasteiger partial charge on any atom is -0.385 e. The van der Waals surface area contributed by atoms with Crippen molar-refractivity contribution < 1.29 is 4.74 Å². The van der Waals surface area contributed by atoms with Crippen molar-refractivity contribution in [3.8, 4) is 0 Å². The van der Waals surface area contributed by atoms with Crippen molar-refractivity contribution in [2.75, 3.05) is 39.2 Å². The summed E-state index contributed by atoms with van der Waals surface area (Å²) in [5, 5.41) is 0. The SMILES string of the molecule is CCCCN(CCCl)CCCCOC. The standard InChI is InChI=1S/C11H24ClNO/c1-3-4-8-13(10-7-12)9-5-6-11-14-2/h3-11H2,1-2H3. The molecule has 0 saturated heterocycles. The van der Waals surface area contributed by atoms with E-state index in [9.17, 15) is 0 Å². The van der Waals surface area contributed by atoms with Crippen molar-refractivity contribution in [3.05, 3.63) is 0 Å². The van der Waals surface area contributed by atoms with Crippen LogP contribution in [0.3, 0.4) is 0 Å². The molecule has 2 nitrogen and oxygen atoms in total. The Morgan fingerprint density at radius 3 is 2.36 bits per heavy atom. The maximum absolute atomic E-state index is 5.75. The van der Waals surface area contributed by atoms with Crippen molar-refractivity contribution in [2.24, 2.45) is 0 Å². The minimum absolute atomic E-state index is 0.744. The van der Waals surface area contributed by atoms with Crippen molar-refractivity contribution in [2.45, 2.75) is 32.6 Å². The van der Waals surface area contributed by atoms with Gasteiger partial charge in [0.1, 0.15) is 0 Å². The molecule has 0 amide bonds. The van der Waals surface area contributed by atoms with Gasteiger partial charge < -0.3 is 9.64 Å². The first-order valence-corrected chi connectivity index (χ1v) is 6.15. The van der Waals surface area contributed by atoms with Crippen LogP contribution in [0.15, 0.2) is 0 Å². The number of unbranched alkanes of at least 4 members (excludes halogenated alkanes) is 2. The molecule has 3 heteroatoms. The van der Waals surface area contributed by atoms with Crippen LogP contribution in [-0.4, -0.2) is 44.1 Å². The van der Waals surface area contributed by atoms with Gasteiger partial charge in [-0.25, -0.2) is 0 Å². The molecule has 0 fully saturated rings. The molecule has 0 radical (unpaired) electrons. The third-order valence-corrected chi connectivity index (χ3v) is 2.47. The predicted molar refractivity (Wildman–Crippen MR) is 63.2 cm³/mol. The molecule has 86 valence electrons. The molecule has 0 atom stereocenters. The highest BCUT2D eigenvalue weighted by Gasteiger charge is 2.02. The highest BCUT2D eigenvalue weighted by atomic mass is 35.5. The normalized spacial score (nSPS) is 11.1. The van der Waals surface area contributed by atoms with E-state index in [4.69, 9.17) is 16.3 Å². The van der Waals surface area contributed by atoms with Gasteiger partial charge in [-0.3, -0.25) is 0 Å². The van der Waals surface area contributed by atoms with Gasteiger partial charge in [0.15, 0.2) is 0 Å². The Kier molecular flexibility index (Phi) is 11.5. The lowest BCUT2D eigenvalue weighted by molar-refractivity contribution is 0.184. The fourth-order valence-electron chi connectivity index (χ4n) is 1.42. The molecule has 14 heavy (non-hydrogen) atoms. The summed E-state index contributed by atoms with van der Waals surface area (Å²) in [6, 6.07) is 0. The quantitative estimate of drug-likeness (QED) is 0.416. The smallest absolute Gasteiger partial charge is 0.0462 e. The number of hydrogen-bond donors (Lipinski definition) is 0. The zero-order chi connectivity index (χ0) is 10.6. The molecule has 0 aliphatic heterocycles. The van der Waals surface area contributed by atoms with Crippen LogP contribution in [0.4, 0.5) is 0 Å². The first-order valence-electron chi connectivity index (χ1n) is 5.62. The second-order valence-electron chi connectivity index (χ2n) is 3.58. The lowest BCUT2D eigenvalue weighted by Crippen LogP contribution is -2.28. The number of methoxy groups -OCH3 is 1. The molecule has 0 heterocycles. The van der Waals surface area contributed by atoms with Gasteiger partial charge in [0.05, 0.1) is 0 Å². The Morgan fingerprint density at radius 1 is 1.07 bits per heavy atom. The topological polar surface area (TPSA) is 12.5 Å². The average molecular weight is 222 g/mol. The van der Waals surface area contributed by atoms with Crippen LogP contribution in [0.1, 0.15) is 32.6 Å². The Morgan fingerprint density at radius 2 is 1.79 bits per heavy atom. The monoisotopic (exact) mass is 221 g/mol. The van der Waals surface area contributed by atoms with Crippen molar-refractivity contribution >= 4 is 11.6 Å². The molecule has 0 N–H and O–H groups in total.